The molecule has 1 aromatic rings. The van der Waals surface area contributed by atoms with E-state index in [-0.39, 0.29) is 23.2 Å². The molecule has 0 aliphatic carbocycles. The number of hydrogen-bond donors (Lipinski definition) is 3. The molecule has 1 aromatic carbocycles. The first-order chi connectivity index (χ1) is 9.22. The highest BCUT2D eigenvalue weighted by molar-refractivity contribution is 7.99. The van der Waals surface area contributed by atoms with Crippen LogP contribution in [0.25, 0.3) is 0 Å². The van der Waals surface area contributed by atoms with Gasteiger partial charge in [-0.25, -0.2) is 0 Å². The number of nitrogens with one attached hydrogen (secondary N) is 2. The van der Waals surface area contributed by atoms with E-state index >= 15 is 0 Å². The quantitative estimate of drug-likeness (QED) is 0.746. The minimum absolute atomic E-state index is 0.0119. The van der Waals surface area contributed by atoms with E-state index in [0.717, 1.165) is 12.1 Å². The summed E-state index contributed by atoms with van der Waals surface area (Å²) in [6.07, 6.45) is 1.58. The Morgan fingerprint density at radius 1 is 1.47 bits per heavy atom. The summed E-state index contributed by atoms with van der Waals surface area (Å²) in [4.78, 5) is 12.2. The smallest absolute Gasteiger partial charge is 0.237 e. The largest absolute Gasteiger partial charge is 0.391 e. The van der Waals surface area contributed by atoms with Gasteiger partial charge in [0.1, 0.15) is 5.25 Å². The van der Waals surface area contributed by atoms with E-state index in [2.05, 4.69) is 10.6 Å². The van der Waals surface area contributed by atoms with Crippen LogP contribution in [0.5, 0.6) is 0 Å². The molecule has 3 unspecified atom stereocenters. The van der Waals surface area contributed by atoms with Gasteiger partial charge in [0.05, 0.1) is 6.10 Å². The summed E-state index contributed by atoms with van der Waals surface area (Å²) < 4.78 is 0. The molecule has 19 heavy (non-hydrogen) atoms. The first-order valence-electron chi connectivity index (χ1n) is 6.46. The monoisotopic (exact) mass is 280 g/mol. The average molecular weight is 280 g/mol. The van der Waals surface area contributed by atoms with Gasteiger partial charge in [0.25, 0.3) is 0 Å². The number of aliphatic hydroxyl groups is 1. The molecule has 0 radical (unpaired) electrons. The predicted molar refractivity (Wildman–Crippen MR) is 78.1 cm³/mol. The number of carbonyl (C=O) groups is 1. The van der Waals surface area contributed by atoms with Crippen molar-refractivity contribution in [2.45, 2.75) is 11.4 Å². The molecule has 0 spiro atoms. The number of rotatable bonds is 5. The Kier molecular flexibility index (Phi) is 5.24. The third-order valence-electron chi connectivity index (χ3n) is 3.42. The SMILES string of the molecule is CSC(C(=O)NCC1CNCC1O)c1ccccc1. The number of amides is 1. The van der Waals surface area contributed by atoms with Gasteiger partial charge >= 0.3 is 0 Å². The van der Waals surface area contributed by atoms with E-state index in [1.165, 1.54) is 11.8 Å². The fourth-order valence-corrected chi connectivity index (χ4v) is 3.00. The molecule has 3 N–H and O–H groups in total. The molecule has 104 valence electrons. The Morgan fingerprint density at radius 2 is 2.21 bits per heavy atom. The van der Waals surface area contributed by atoms with Gasteiger partial charge in [-0.1, -0.05) is 30.3 Å². The lowest BCUT2D eigenvalue weighted by Gasteiger charge is -2.18. The molecule has 1 saturated heterocycles. The van der Waals surface area contributed by atoms with Crippen molar-refractivity contribution in [3.8, 4) is 0 Å². The third-order valence-corrected chi connectivity index (χ3v) is 4.38. The molecule has 0 bridgehead atoms. The fourth-order valence-electron chi connectivity index (χ4n) is 2.27. The van der Waals surface area contributed by atoms with E-state index in [1.807, 2.05) is 36.6 Å². The number of thioether (sulfide) groups is 1. The molecule has 1 amide bonds. The van der Waals surface area contributed by atoms with Crippen molar-refractivity contribution in [3.05, 3.63) is 35.9 Å². The summed E-state index contributed by atoms with van der Waals surface area (Å²) in [5, 5.41) is 15.6. The summed E-state index contributed by atoms with van der Waals surface area (Å²) >= 11 is 1.52. The second-order valence-electron chi connectivity index (χ2n) is 4.76. The van der Waals surface area contributed by atoms with Crippen LogP contribution in [0.15, 0.2) is 30.3 Å². The molecule has 1 aliphatic heterocycles. The molecule has 1 fully saturated rings. The van der Waals surface area contributed by atoms with Crippen LogP contribution in [0.1, 0.15) is 10.8 Å². The zero-order valence-electron chi connectivity index (χ0n) is 11.0. The van der Waals surface area contributed by atoms with Crippen LogP contribution in [0, 0.1) is 5.92 Å². The lowest BCUT2D eigenvalue weighted by molar-refractivity contribution is -0.120. The van der Waals surface area contributed by atoms with E-state index in [9.17, 15) is 9.90 Å². The van der Waals surface area contributed by atoms with Gasteiger partial charge in [0.15, 0.2) is 0 Å². The minimum atomic E-state index is -0.357. The van der Waals surface area contributed by atoms with E-state index in [1.54, 1.807) is 0 Å². The van der Waals surface area contributed by atoms with Crippen molar-refractivity contribution in [3.63, 3.8) is 0 Å². The predicted octanol–water partition coefficient (Wildman–Crippen LogP) is 0.787. The van der Waals surface area contributed by atoms with Gasteiger partial charge in [0, 0.05) is 25.6 Å². The fraction of sp³-hybridized carbons (Fsp3) is 0.500. The summed E-state index contributed by atoms with van der Waals surface area (Å²) in [5.74, 6) is 0.125. The maximum absolute atomic E-state index is 12.2. The van der Waals surface area contributed by atoms with Crippen molar-refractivity contribution in [1.29, 1.82) is 0 Å². The molecule has 1 heterocycles. The zero-order valence-corrected chi connectivity index (χ0v) is 11.8. The number of hydrogen-bond acceptors (Lipinski definition) is 4. The molecule has 2 rings (SSSR count). The molecular formula is C14H20N2O2S. The Bertz CT molecular complexity index is 413. The van der Waals surface area contributed by atoms with Crippen LogP contribution in [-0.2, 0) is 4.79 Å². The zero-order chi connectivity index (χ0) is 13.7. The van der Waals surface area contributed by atoms with Crippen molar-refractivity contribution in [2.75, 3.05) is 25.9 Å². The van der Waals surface area contributed by atoms with Crippen molar-refractivity contribution < 1.29 is 9.90 Å². The molecule has 4 nitrogen and oxygen atoms in total. The number of benzene rings is 1. The third kappa shape index (κ3) is 3.72. The maximum Gasteiger partial charge on any atom is 0.237 e. The number of β-amino-alcohol motifs (C(OH)–C–C–N with tert-alkyl or cyclic N) is 1. The van der Waals surface area contributed by atoms with Crippen LogP contribution in [0.4, 0.5) is 0 Å². The van der Waals surface area contributed by atoms with Crippen LogP contribution in [0.2, 0.25) is 0 Å². The summed E-state index contributed by atoms with van der Waals surface area (Å²) in [5.41, 5.74) is 1.01. The Morgan fingerprint density at radius 3 is 2.79 bits per heavy atom. The van der Waals surface area contributed by atoms with Gasteiger partial charge in [-0.3, -0.25) is 4.79 Å². The van der Waals surface area contributed by atoms with Gasteiger partial charge in [-0.05, 0) is 11.8 Å². The molecule has 1 aliphatic rings. The van der Waals surface area contributed by atoms with Crippen LogP contribution >= 0.6 is 11.8 Å². The minimum Gasteiger partial charge on any atom is -0.391 e. The molecule has 3 atom stereocenters. The van der Waals surface area contributed by atoms with Crippen molar-refractivity contribution in [2.24, 2.45) is 5.92 Å². The standard InChI is InChI=1S/C14H20N2O2S/c1-19-13(10-5-3-2-4-6-10)14(18)16-8-11-7-15-9-12(11)17/h2-6,11-13,15,17H,7-9H2,1H3,(H,16,18). The highest BCUT2D eigenvalue weighted by Crippen LogP contribution is 2.26. The number of carbonyl (C=O) groups excluding carboxylic acids is 1. The normalized spacial score (nSPS) is 24.1. The van der Waals surface area contributed by atoms with Gasteiger partial charge in [0.2, 0.25) is 5.91 Å². The van der Waals surface area contributed by atoms with Gasteiger partial charge < -0.3 is 15.7 Å². The van der Waals surface area contributed by atoms with Crippen molar-refractivity contribution >= 4 is 17.7 Å². The van der Waals surface area contributed by atoms with E-state index in [0.29, 0.717) is 13.1 Å². The Labute approximate surface area is 118 Å². The Balaban J connectivity index is 1.90. The van der Waals surface area contributed by atoms with Gasteiger partial charge in [-0.15, -0.1) is 11.8 Å². The summed E-state index contributed by atoms with van der Waals surface area (Å²) in [7, 11) is 0. The molecule has 0 saturated carbocycles. The number of aliphatic hydroxyl groups excluding tert-OH is 1. The first kappa shape index (κ1) is 14.4. The van der Waals surface area contributed by atoms with Gasteiger partial charge in [-0.2, -0.15) is 0 Å². The van der Waals surface area contributed by atoms with E-state index in [4.69, 9.17) is 0 Å². The Hall–Kier alpha value is -1.04. The second kappa shape index (κ2) is 6.93. The lowest BCUT2D eigenvalue weighted by atomic mass is 10.1. The second-order valence-corrected chi connectivity index (χ2v) is 5.70. The maximum atomic E-state index is 12.2. The summed E-state index contributed by atoms with van der Waals surface area (Å²) in [6.45, 7) is 1.90. The van der Waals surface area contributed by atoms with Crippen LogP contribution in [-0.4, -0.2) is 43.0 Å². The molecular weight excluding hydrogens is 260 g/mol. The summed E-state index contributed by atoms with van der Waals surface area (Å²) in [6, 6.07) is 9.76. The van der Waals surface area contributed by atoms with Crippen molar-refractivity contribution in [1.82, 2.24) is 10.6 Å². The average Bonchev–Trinajstić information content (AvgIpc) is 2.84. The molecule has 0 aromatic heterocycles. The lowest BCUT2D eigenvalue weighted by Crippen LogP contribution is -2.36. The highest BCUT2D eigenvalue weighted by Gasteiger charge is 2.26. The van der Waals surface area contributed by atoms with E-state index < -0.39 is 0 Å². The topological polar surface area (TPSA) is 61.4 Å². The first-order valence-corrected chi connectivity index (χ1v) is 7.75. The van der Waals surface area contributed by atoms with Crippen LogP contribution < -0.4 is 10.6 Å². The molecule has 5 heteroatoms. The highest BCUT2D eigenvalue weighted by atomic mass is 32.2. The van der Waals surface area contributed by atoms with Crippen LogP contribution in [0.3, 0.4) is 0 Å².